The molecule has 3 amide bonds. The monoisotopic (exact) mass is 482 g/mol. The van der Waals surface area contributed by atoms with Crippen LogP contribution in [0.15, 0.2) is 12.5 Å². The summed E-state index contributed by atoms with van der Waals surface area (Å²) in [7, 11) is 0. The molecule has 0 aliphatic carbocycles. The molecule has 0 radical (unpaired) electrons. The summed E-state index contributed by atoms with van der Waals surface area (Å²) in [5.41, 5.74) is 17.2. The van der Waals surface area contributed by atoms with Gasteiger partial charge in [0, 0.05) is 18.3 Å². The third-order valence-corrected chi connectivity index (χ3v) is 5.17. The molecular weight excluding hydrogens is 444 g/mol. The highest BCUT2D eigenvalue weighted by Gasteiger charge is 2.30. The third-order valence-electron chi connectivity index (χ3n) is 5.17. The first kappa shape index (κ1) is 29.0. The van der Waals surface area contributed by atoms with Crippen molar-refractivity contribution in [3.8, 4) is 0 Å². The summed E-state index contributed by atoms with van der Waals surface area (Å²) in [4.78, 5) is 56.5. The Balaban J connectivity index is 2.96. The zero-order valence-electron chi connectivity index (χ0n) is 19.6. The molecule has 13 heteroatoms. The number of carbonyl (C=O) groups is 4. The maximum absolute atomic E-state index is 13.1. The third kappa shape index (κ3) is 10.7. The molecule has 4 unspecified atom stereocenters. The number of H-pyrrole nitrogens is 1. The van der Waals surface area contributed by atoms with Crippen LogP contribution in [0, 0.1) is 0 Å². The summed E-state index contributed by atoms with van der Waals surface area (Å²) in [5.74, 6) is -2.93. The van der Waals surface area contributed by atoms with Crippen LogP contribution >= 0.6 is 0 Å². The van der Waals surface area contributed by atoms with Gasteiger partial charge in [0.05, 0.1) is 12.4 Å². The lowest BCUT2D eigenvalue weighted by molar-refractivity contribution is -0.142. The lowest BCUT2D eigenvalue weighted by Crippen LogP contribution is -2.57. The molecule has 0 fully saturated rings. The van der Waals surface area contributed by atoms with E-state index in [1.54, 1.807) is 0 Å². The maximum Gasteiger partial charge on any atom is 0.326 e. The van der Waals surface area contributed by atoms with E-state index in [1.165, 1.54) is 19.4 Å². The van der Waals surface area contributed by atoms with Gasteiger partial charge in [-0.15, -0.1) is 0 Å². The van der Waals surface area contributed by atoms with Crippen molar-refractivity contribution >= 4 is 23.7 Å². The summed E-state index contributed by atoms with van der Waals surface area (Å²) in [6.45, 7) is 2.31. The first-order valence-electron chi connectivity index (χ1n) is 11.5. The van der Waals surface area contributed by atoms with Gasteiger partial charge in [-0.1, -0.05) is 0 Å². The Bertz CT molecular complexity index is 771. The summed E-state index contributed by atoms with van der Waals surface area (Å²) in [6, 6.07) is -3.98. The van der Waals surface area contributed by atoms with E-state index >= 15 is 0 Å². The van der Waals surface area contributed by atoms with Gasteiger partial charge in [0.25, 0.3) is 0 Å². The van der Waals surface area contributed by atoms with Crippen molar-refractivity contribution < 1.29 is 24.3 Å². The molecule has 1 rings (SSSR count). The molecule has 0 aliphatic heterocycles. The van der Waals surface area contributed by atoms with Crippen molar-refractivity contribution in [2.45, 2.75) is 76.0 Å². The molecule has 0 aromatic carbocycles. The van der Waals surface area contributed by atoms with Gasteiger partial charge in [0.15, 0.2) is 0 Å². The molecule has 0 spiro atoms. The number of nitrogens with two attached hydrogens (primary N) is 3. The molecule has 1 aromatic heterocycles. The number of carboxylic acids is 1. The van der Waals surface area contributed by atoms with Crippen molar-refractivity contribution in [2.24, 2.45) is 17.2 Å². The van der Waals surface area contributed by atoms with Gasteiger partial charge in [0.2, 0.25) is 17.7 Å². The lowest BCUT2D eigenvalue weighted by Gasteiger charge is -2.25. The molecule has 4 atom stereocenters. The number of hydrogen-bond donors (Lipinski definition) is 8. The Morgan fingerprint density at radius 1 is 0.912 bits per heavy atom. The average Bonchev–Trinajstić information content (AvgIpc) is 3.30. The largest absolute Gasteiger partial charge is 0.480 e. The van der Waals surface area contributed by atoms with E-state index in [9.17, 15) is 24.3 Å². The Morgan fingerprint density at radius 3 is 1.94 bits per heavy atom. The first-order chi connectivity index (χ1) is 16.2. The van der Waals surface area contributed by atoms with Gasteiger partial charge in [0.1, 0.15) is 18.1 Å². The number of imidazole rings is 1. The molecular formula is C21H38N8O5. The van der Waals surface area contributed by atoms with Gasteiger partial charge in [-0.2, -0.15) is 0 Å². The fourth-order valence-electron chi connectivity index (χ4n) is 3.19. The van der Waals surface area contributed by atoms with Gasteiger partial charge >= 0.3 is 5.97 Å². The molecule has 13 nitrogen and oxygen atoms in total. The highest BCUT2D eigenvalue weighted by atomic mass is 16.4. The second kappa shape index (κ2) is 15.7. The summed E-state index contributed by atoms with van der Waals surface area (Å²) >= 11 is 0. The van der Waals surface area contributed by atoms with Crippen LogP contribution in [-0.4, -0.2) is 76.0 Å². The summed E-state index contributed by atoms with van der Waals surface area (Å²) in [5, 5.41) is 17.2. The summed E-state index contributed by atoms with van der Waals surface area (Å²) in [6.07, 6.45) is 5.85. The van der Waals surface area contributed by atoms with E-state index in [-0.39, 0.29) is 19.3 Å². The second-order valence-corrected chi connectivity index (χ2v) is 8.16. The quantitative estimate of drug-likeness (QED) is 0.116. The molecule has 0 aliphatic rings. The van der Waals surface area contributed by atoms with E-state index in [4.69, 9.17) is 17.2 Å². The minimum atomic E-state index is -1.17. The first-order valence-corrected chi connectivity index (χ1v) is 11.5. The number of nitrogens with one attached hydrogen (secondary N) is 4. The average molecular weight is 483 g/mol. The fourth-order valence-corrected chi connectivity index (χ4v) is 3.19. The Morgan fingerprint density at radius 2 is 1.44 bits per heavy atom. The molecule has 1 heterocycles. The molecule has 11 N–H and O–H groups in total. The number of nitrogens with zero attached hydrogens (tertiary/aromatic N) is 1. The topological polar surface area (TPSA) is 231 Å². The highest BCUT2D eigenvalue weighted by molar-refractivity contribution is 5.94. The number of aromatic nitrogens is 2. The van der Waals surface area contributed by atoms with Crippen molar-refractivity contribution in [3.05, 3.63) is 18.2 Å². The van der Waals surface area contributed by atoms with E-state index in [1.807, 2.05) is 0 Å². The number of aliphatic carboxylic acids is 1. The van der Waals surface area contributed by atoms with Crippen LogP contribution in [0.1, 0.15) is 51.1 Å². The maximum atomic E-state index is 13.1. The molecule has 0 saturated heterocycles. The Kier molecular flexibility index (Phi) is 13.4. The fraction of sp³-hybridized carbons (Fsp3) is 0.667. The zero-order chi connectivity index (χ0) is 25.5. The number of unbranched alkanes of at least 4 members (excludes halogenated alkanes) is 2. The van der Waals surface area contributed by atoms with E-state index in [0.29, 0.717) is 44.5 Å². The van der Waals surface area contributed by atoms with Crippen LogP contribution in [-0.2, 0) is 25.6 Å². The normalized spacial score (nSPS) is 14.5. The van der Waals surface area contributed by atoms with Gasteiger partial charge in [-0.3, -0.25) is 14.4 Å². The minimum Gasteiger partial charge on any atom is -0.480 e. The standard InChI is InChI=1S/C21H38N8O5/c1-13(24)18(30)29-17(10-14-11-25-12-26-14)20(32)27-15(6-2-4-8-22)19(31)28-16(21(33)34)7-3-5-9-23/h11-13,15-17H,2-10,22-24H2,1H3,(H,25,26)(H,27,32)(H,28,31)(H,29,30)(H,33,34). The number of carboxylic acid groups (broad SMARTS) is 1. The number of hydrogen-bond acceptors (Lipinski definition) is 8. The van der Waals surface area contributed by atoms with Crippen LogP contribution in [0.2, 0.25) is 0 Å². The van der Waals surface area contributed by atoms with Gasteiger partial charge in [-0.25, -0.2) is 9.78 Å². The molecule has 0 bridgehead atoms. The Labute approximate surface area is 199 Å². The van der Waals surface area contributed by atoms with Gasteiger partial charge < -0.3 is 43.2 Å². The predicted octanol–water partition coefficient (Wildman–Crippen LogP) is -1.90. The second-order valence-electron chi connectivity index (χ2n) is 8.16. The van der Waals surface area contributed by atoms with Crippen molar-refractivity contribution in [1.29, 1.82) is 0 Å². The number of carbonyl (C=O) groups excluding carboxylic acids is 3. The van der Waals surface area contributed by atoms with Crippen molar-refractivity contribution in [1.82, 2.24) is 25.9 Å². The number of amides is 3. The molecule has 34 heavy (non-hydrogen) atoms. The molecule has 192 valence electrons. The smallest absolute Gasteiger partial charge is 0.326 e. The van der Waals surface area contributed by atoms with Crippen LogP contribution < -0.4 is 33.2 Å². The van der Waals surface area contributed by atoms with Gasteiger partial charge in [-0.05, 0) is 58.5 Å². The minimum absolute atomic E-state index is 0.0955. The van der Waals surface area contributed by atoms with Crippen LogP contribution in [0.5, 0.6) is 0 Å². The number of rotatable bonds is 17. The summed E-state index contributed by atoms with van der Waals surface area (Å²) < 4.78 is 0. The number of aromatic amines is 1. The SMILES string of the molecule is CC(N)C(=O)NC(Cc1cnc[nH]1)C(=O)NC(CCCCN)C(=O)NC(CCCCN)C(=O)O. The van der Waals surface area contributed by atoms with Crippen LogP contribution in [0.4, 0.5) is 0 Å². The lowest BCUT2D eigenvalue weighted by atomic mass is 10.0. The van der Waals surface area contributed by atoms with Crippen LogP contribution in [0.25, 0.3) is 0 Å². The van der Waals surface area contributed by atoms with E-state index in [0.717, 1.165) is 0 Å². The van der Waals surface area contributed by atoms with E-state index < -0.39 is 47.9 Å². The zero-order valence-corrected chi connectivity index (χ0v) is 19.6. The van der Waals surface area contributed by atoms with Crippen molar-refractivity contribution in [3.63, 3.8) is 0 Å². The highest BCUT2D eigenvalue weighted by Crippen LogP contribution is 2.07. The van der Waals surface area contributed by atoms with Crippen LogP contribution in [0.3, 0.4) is 0 Å². The predicted molar refractivity (Wildman–Crippen MR) is 125 cm³/mol. The molecule has 0 saturated carbocycles. The van der Waals surface area contributed by atoms with Crippen molar-refractivity contribution in [2.75, 3.05) is 13.1 Å². The van der Waals surface area contributed by atoms with E-state index in [2.05, 4.69) is 25.9 Å². The molecule has 1 aromatic rings. The Hall–Kier alpha value is -3.03.